The van der Waals surface area contributed by atoms with Crippen LogP contribution in [-0.2, 0) is 6.42 Å². The number of ether oxygens (including phenoxy) is 1. The third-order valence-corrected chi connectivity index (χ3v) is 4.96. The minimum Gasteiger partial charge on any atom is -0.497 e. The van der Waals surface area contributed by atoms with Crippen LogP contribution in [0.3, 0.4) is 0 Å². The molecule has 0 bridgehead atoms. The summed E-state index contributed by atoms with van der Waals surface area (Å²) in [4.78, 5) is 26.0. The Balaban J connectivity index is 2.08. The second kappa shape index (κ2) is 10.1. The van der Waals surface area contributed by atoms with Crippen molar-refractivity contribution in [2.24, 2.45) is 0 Å². The van der Waals surface area contributed by atoms with Crippen LogP contribution in [0.2, 0.25) is 0 Å². The van der Waals surface area contributed by atoms with Gasteiger partial charge < -0.3 is 14.7 Å². The Morgan fingerprint density at radius 3 is 2.17 bits per heavy atom. The van der Waals surface area contributed by atoms with Crippen LogP contribution in [0.4, 0.5) is 4.79 Å². The predicted molar refractivity (Wildman–Crippen MR) is 115 cm³/mol. The van der Waals surface area contributed by atoms with Crippen molar-refractivity contribution in [3.8, 4) is 5.75 Å². The fraction of sp³-hybridized carbons (Fsp3) is 0.417. The fourth-order valence-electron chi connectivity index (χ4n) is 3.62. The van der Waals surface area contributed by atoms with Crippen LogP contribution in [-0.4, -0.2) is 40.6 Å². The van der Waals surface area contributed by atoms with E-state index in [4.69, 9.17) is 4.74 Å². The summed E-state index contributed by atoms with van der Waals surface area (Å²) in [6, 6.07) is 16.8. The van der Waals surface area contributed by atoms with Crippen molar-refractivity contribution in [2.45, 2.75) is 58.0 Å². The molecule has 0 spiro atoms. The lowest BCUT2D eigenvalue weighted by Crippen LogP contribution is -2.52. The van der Waals surface area contributed by atoms with E-state index in [1.54, 1.807) is 31.4 Å². The molecule has 0 saturated carbocycles. The minimum absolute atomic E-state index is 0.0590. The number of benzene rings is 2. The molecule has 0 aromatic heterocycles. The topological polar surface area (TPSA) is 66.8 Å². The number of ketones is 1. The first-order chi connectivity index (χ1) is 13.7. The summed E-state index contributed by atoms with van der Waals surface area (Å²) in [6.45, 7) is 5.71. The Kier molecular flexibility index (Phi) is 7.82. The molecular formula is C24H31NO4. The van der Waals surface area contributed by atoms with Crippen LogP contribution in [0.5, 0.6) is 5.75 Å². The van der Waals surface area contributed by atoms with Crippen molar-refractivity contribution in [2.75, 3.05) is 7.11 Å². The van der Waals surface area contributed by atoms with Gasteiger partial charge in [0, 0.05) is 23.6 Å². The third-order valence-electron chi connectivity index (χ3n) is 4.96. The van der Waals surface area contributed by atoms with Gasteiger partial charge in [-0.05, 0) is 69.9 Å². The Labute approximate surface area is 173 Å². The molecule has 29 heavy (non-hydrogen) atoms. The average molecular weight is 398 g/mol. The van der Waals surface area contributed by atoms with Crippen molar-refractivity contribution >= 4 is 11.9 Å². The Morgan fingerprint density at radius 1 is 1.03 bits per heavy atom. The number of rotatable bonds is 9. The maximum atomic E-state index is 12.5. The summed E-state index contributed by atoms with van der Waals surface area (Å²) in [5, 5.41) is 9.84. The van der Waals surface area contributed by atoms with Gasteiger partial charge >= 0.3 is 6.09 Å². The summed E-state index contributed by atoms with van der Waals surface area (Å²) in [7, 11) is 1.59. The lowest BCUT2D eigenvalue weighted by molar-refractivity contribution is 0.0660. The first-order valence-corrected chi connectivity index (χ1v) is 9.96. The number of hydrogen-bond donors (Lipinski definition) is 1. The molecule has 0 aliphatic heterocycles. The molecule has 156 valence electrons. The highest BCUT2D eigenvalue weighted by atomic mass is 16.5. The number of amides is 1. The van der Waals surface area contributed by atoms with E-state index in [1.807, 2.05) is 51.1 Å². The molecule has 0 heterocycles. The van der Waals surface area contributed by atoms with E-state index >= 15 is 0 Å². The van der Waals surface area contributed by atoms with Crippen LogP contribution in [0.25, 0.3) is 0 Å². The lowest BCUT2D eigenvalue weighted by atomic mass is 9.94. The predicted octanol–water partition coefficient (Wildman–Crippen LogP) is 5.44. The zero-order valence-electron chi connectivity index (χ0n) is 17.7. The number of nitrogens with zero attached hydrogens (tertiary/aromatic N) is 1. The Morgan fingerprint density at radius 2 is 1.66 bits per heavy atom. The lowest BCUT2D eigenvalue weighted by Gasteiger charge is -2.40. The van der Waals surface area contributed by atoms with Gasteiger partial charge in [0.25, 0.3) is 0 Å². The molecule has 2 rings (SSSR count). The van der Waals surface area contributed by atoms with E-state index in [9.17, 15) is 14.7 Å². The third kappa shape index (κ3) is 6.63. The van der Waals surface area contributed by atoms with Crippen LogP contribution < -0.4 is 4.74 Å². The molecule has 1 amide bonds. The molecule has 2 aromatic carbocycles. The molecule has 0 fully saturated rings. The molecule has 0 radical (unpaired) electrons. The first-order valence-electron chi connectivity index (χ1n) is 9.96. The second-order valence-electron chi connectivity index (χ2n) is 8.21. The van der Waals surface area contributed by atoms with Gasteiger partial charge in [-0.1, -0.05) is 30.3 Å². The van der Waals surface area contributed by atoms with E-state index in [1.165, 1.54) is 4.90 Å². The molecule has 5 nitrogen and oxygen atoms in total. The van der Waals surface area contributed by atoms with Crippen LogP contribution in [0.15, 0.2) is 54.6 Å². The molecule has 5 heteroatoms. The minimum atomic E-state index is -0.931. The molecule has 0 saturated heterocycles. The van der Waals surface area contributed by atoms with Gasteiger partial charge in [0.15, 0.2) is 5.78 Å². The van der Waals surface area contributed by atoms with Gasteiger partial charge in [-0.25, -0.2) is 4.79 Å². The summed E-state index contributed by atoms with van der Waals surface area (Å²) >= 11 is 0. The van der Waals surface area contributed by atoms with Crippen LogP contribution in [0.1, 0.15) is 56.0 Å². The van der Waals surface area contributed by atoms with E-state index in [2.05, 4.69) is 0 Å². The summed E-state index contributed by atoms with van der Waals surface area (Å²) in [6.07, 6.45) is 1.33. The highest BCUT2D eigenvalue weighted by Crippen LogP contribution is 2.24. The average Bonchev–Trinajstić information content (AvgIpc) is 2.67. The Hall–Kier alpha value is -2.82. The second-order valence-corrected chi connectivity index (χ2v) is 8.21. The van der Waals surface area contributed by atoms with Crippen molar-refractivity contribution in [1.29, 1.82) is 0 Å². The van der Waals surface area contributed by atoms with Crippen LogP contribution in [0, 0.1) is 0 Å². The smallest absolute Gasteiger partial charge is 0.407 e. The van der Waals surface area contributed by atoms with Gasteiger partial charge in [0.1, 0.15) is 5.75 Å². The summed E-state index contributed by atoms with van der Waals surface area (Å²) < 4.78 is 5.13. The van der Waals surface area contributed by atoms with Crippen molar-refractivity contribution in [3.63, 3.8) is 0 Å². The number of carbonyl (C=O) groups is 2. The quantitative estimate of drug-likeness (QED) is 0.572. The summed E-state index contributed by atoms with van der Waals surface area (Å²) in [5.74, 6) is 0.774. The normalized spacial score (nSPS) is 12.3. The van der Waals surface area contributed by atoms with Gasteiger partial charge in [-0.3, -0.25) is 4.79 Å². The van der Waals surface area contributed by atoms with Crippen LogP contribution >= 0.6 is 0 Å². The van der Waals surface area contributed by atoms with Gasteiger partial charge in [0.2, 0.25) is 0 Å². The number of Topliss-reactive ketones (excluding diaryl/α,β-unsaturated/α-hetero) is 1. The summed E-state index contributed by atoms with van der Waals surface area (Å²) in [5.41, 5.74) is 1.22. The highest BCUT2D eigenvalue weighted by molar-refractivity contribution is 5.96. The Bertz CT molecular complexity index is 794. The fourth-order valence-corrected chi connectivity index (χ4v) is 3.62. The standard InChI is InChI=1S/C24H31NO4/c1-24(2,3)25(23(27)28)20(17-18-9-6-5-7-10-18)11-8-12-22(26)19-13-15-21(29-4)16-14-19/h5-7,9-10,13-16,20H,8,11-12,17H2,1-4H3,(H,27,28). The van der Waals surface area contributed by atoms with Crippen molar-refractivity contribution in [3.05, 3.63) is 65.7 Å². The van der Waals surface area contributed by atoms with E-state index in [-0.39, 0.29) is 11.8 Å². The van der Waals surface area contributed by atoms with E-state index in [0.717, 1.165) is 5.56 Å². The van der Waals surface area contributed by atoms with Crippen molar-refractivity contribution < 1.29 is 19.4 Å². The molecule has 0 aliphatic carbocycles. The van der Waals surface area contributed by atoms with Crippen molar-refractivity contribution in [1.82, 2.24) is 4.90 Å². The van der Waals surface area contributed by atoms with E-state index < -0.39 is 11.6 Å². The molecular weight excluding hydrogens is 366 g/mol. The zero-order valence-corrected chi connectivity index (χ0v) is 17.7. The SMILES string of the molecule is COc1ccc(C(=O)CCCC(Cc2ccccc2)N(C(=O)O)C(C)(C)C)cc1. The van der Waals surface area contributed by atoms with E-state index in [0.29, 0.717) is 37.0 Å². The molecule has 1 atom stereocenters. The molecule has 0 aliphatic rings. The zero-order chi connectivity index (χ0) is 21.4. The molecule has 2 aromatic rings. The first kappa shape index (κ1) is 22.5. The maximum Gasteiger partial charge on any atom is 0.407 e. The molecule has 1 N–H and O–H groups in total. The number of carbonyl (C=O) groups excluding carboxylic acids is 1. The monoisotopic (exact) mass is 397 g/mol. The highest BCUT2D eigenvalue weighted by Gasteiger charge is 2.33. The number of hydrogen-bond acceptors (Lipinski definition) is 3. The van der Waals surface area contributed by atoms with Gasteiger partial charge in [-0.2, -0.15) is 0 Å². The number of methoxy groups -OCH3 is 1. The largest absolute Gasteiger partial charge is 0.497 e. The van der Waals surface area contributed by atoms with Gasteiger partial charge in [-0.15, -0.1) is 0 Å². The molecule has 1 unspecified atom stereocenters. The maximum absolute atomic E-state index is 12.5. The van der Waals surface area contributed by atoms with Gasteiger partial charge in [0.05, 0.1) is 7.11 Å². The number of carboxylic acid groups (broad SMARTS) is 1.